The third-order valence-electron chi connectivity index (χ3n) is 2.65. The molecule has 0 aromatic heterocycles. The van der Waals surface area contributed by atoms with Gasteiger partial charge in [-0.05, 0) is 17.5 Å². The predicted octanol–water partition coefficient (Wildman–Crippen LogP) is 2.64. The summed E-state index contributed by atoms with van der Waals surface area (Å²) in [5.74, 6) is 0. The zero-order valence-corrected chi connectivity index (χ0v) is 10.5. The second-order valence-electron chi connectivity index (χ2n) is 3.98. The Kier molecular flexibility index (Phi) is 2.97. The number of rotatable bonds is 2. The summed E-state index contributed by atoms with van der Waals surface area (Å²) in [7, 11) is 3.09. The number of anilines is 1. The van der Waals surface area contributed by atoms with E-state index >= 15 is 0 Å². The van der Waals surface area contributed by atoms with Gasteiger partial charge < -0.3 is 4.90 Å². The molecule has 0 amide bonds. The standard InChI is InChI=1S/C13H15NOS/c1-14(2)12-8-4-7-11-10(12)6-5-9-13(11)16(3)15/h4-9H,1-3H3/t16-/m1/s1. The van der Waals surface area contributed by atoms with Crippen LogP contribution >= 0.6 is 0 Å². The fourth-order valence-electron chi connectivity index (χ4n) is 1.91. The largest absolute Gasteiger partial charge is 0.377 e. The highest BCUT2D eigenvalue weighted by atomic mass is 32.2. The van der Waals surface area contributed by atoms with Crippen molar-refractivity contribution in [3.63, 3.8) is 0 Å². The minimum atomic E-state index is -0.944. The number of hydrogen-bond acceptors (Lipinski definition) is 2. The van der Waals surface area contributed by atoms with Gasteiger partial charge >= 0.3 is 0 Å². The normalized spacial score (nSPS) is 12.7. The molecule has 0 heterocycles. The zero-order valence-electron chi connectivity index (χ0n) is 9.73. The van der Waals surface area contributed by atoms with Gasteiger partial charge in [0.05, 0.1) is 10.8 Å². The predicted molar refractivity (Wildman–Crippen MR) is 70.6 cm³/mol. The molecule has 2 aromatic rings. The molecule has 0 aliphatic heterocycles. The van der Waals surface area contributed by atoms with Crippen molar-refractivity contribution in [2.24, 2.45) is 0 Å². The van der Waals surface area contributed by atoms with E-state index in [4.69, 9.17) is 0 Å². The van der Waals surface area contributed by atoms with E-state index in [1.54, 1.807) is 6.26 Å². The van der Waals surface area contributed by atoms with Crippen LogP contribution in [0.2, 0.25) is 0 Å². The summed E-state index contributed by atoms with van der Waals surface area (Å²) in [6.07, 6.45) is 1.72. The summed E-state index contributed by atoms with van der Waals surface area (Å²) >= 11 is 0. The Morgan fingerprint density at radius 3 is 2.25 bits per heavy atom. The van der Waals surface area contributed by atoms with E-state index in [-0.39, 0.29) is 0 Å². The lowest BCUT2D eigenvalue weighted by molar-refractivity contribution is 0.687. The maximum atomic E-state index is 11.6. The Hall–Kier alpha value is -1.35. The molecule has 0 radical (unpaired) electrons. The molecule has 0 bridgehead atoms. The maximum absolute atomic E-state index is 11.6. The molecule has 2 aromatic carbocycles. The van der Waals surface area contributed by atoms with E-state index < -0.39 is 10.8 Å². The summed E-state index contributed by atoms with van der Waals surface area (Å²) in [5.41, 5.74) is 1.16. The molecule has 0 fully saturated rings. The highest BCUT2D eigenvalue weighted by Gasteiger charge is 2.07. The Morgan fingerprint density at radius 1 is 1.00 bits per heavy atom. The number of hydrogen-bond donors (Lipinski definition) is 0. The molecule has 16 heavy (non-hydrogen) atoms. The number of fused-ring (bicyclic) bond motifs is 1. The molecule has 0 aliphatic rings. The van der Waals surface area contributed by atoms with E-state index in [1.165, 1.54) is 0 Å². The number of benzene rings is 2. The maximum Gasteiger partial charge on any atom is 0.0504 e. The fourth-order valence-corrected chi connectivity index (χ4v) is 2.66. The third-order valence-corrected chi connectivity index (χ3v) is 3.63. The lowest BCUT2D eigenvalue weighted by Gasteiger charge is -2.16. The van der Waals surface area contributed by atoms with Crippen LogP contribution in [0.15, 0.2) is 41.3 Å². The molecule has 1 atom stereocenters. The Labute approximate surface area is 98.3 Å². The zero-order chi connectivity index (χ0) is 11.7. The van der Waals surface area contributed by atoms with Gasteiger partial charge in [0.15, 0.2) is 0 Å². The van der Waals surface area contributed by atoms with Crippen LogP contribution in [0.1, 0.15) is 0 Å². The van der Waals surface area contributed by atoms with Gasteiger partial charge in [-0.2, -0.15) is 0 Å². The van der Waals surface area contributed by atoms with Crippen molar-refractivity contribution < 1.29 is 4.21 Å². The van der Waals surface area contributed by atoms with Gasteiger partial charge in [0.1, 0.15) is 0 Å². The monoisotopic (exact) mass is 233 g/mol. The third kappa shape index (κ3) is 1.83. The molecule has 2 rings (SSSR count). The second-order valence-corrected chi connectivity index (χ2v) is 5.33. The van der Waals surface area contributed by atoms with E-state index in [0.717, 1.165) is 21.4 Å². The number of nitrogens with zero attached hydrogens (tertiary/aromatic N) is 1. The van der Waals surface area contributed by atoms with Gasteiger partial charge in [-0.15, -0.1) is 0 Å². The van der Waals surface area contributed by atoms with Crippen molar-refractivity contribution in [3.05, 3.63) is 36.4 Å². The van der Waals surface area contributed by atoms with Crippen LogP contribution in [0.4, 0.5) is 5.69 Å². The van der Waals surface area contributed by atoms with Gasteiger partial charge in [0.25, 0.3) is 0 Å². The highest BCUT2D eigenvalue weighted by Crippen LogP contribution is 2.28. The van der Waals surface area contributed by atoms with Crippen molar-refractivity contribution in [2.75, 3.05) is 25.3 Å². The lowest BCUT2D eigenvalue weighted by atomic mass is 10.1. The lowest BCUT2D eigenvalue weighted by Crippen LogP contribution is -2.09. The van der Waals surface area contributed by atoms with Gasteiger partial charge in [0.2, 0.25) is 0 Å². The minimum Gasteiger partial charge on any atom is -0.377 e. The average Bonchev–Trinajstić information content (AvgIpc) is 2.27. The SMILES string of the molecule is CN(C)c1cccc2c([S@@](C)=O)cccc12. The summed E-state index contributed by atoms with van der Waals surface area (Å²) in [4.78, 5) is 2.98. The molecule has 0 N–H and O–H groups in total. The second kappa shape index (κ2) is 4.26. The fraction of sp³-hybridized carbons (Fsp3) is 0.231. The van der Waals surface area contributed by atoms with Crippen LogP contribution in [0, 0.1) is 0 Å². The first-order valence-electron chi connectivity index (χ1n) is 5.14. The summed E-state index contributed by atoms with van der Waals surface area (Å²) in [6, 6.07) is 12.1. The van der Waals surface area contributed by atoms with Crippen LogP contribution in [0.25, 0.3) is 10.8 Å². The van der Waals surface area contributed by atoms with Crippen LogP contribution in [-0.4, -0.2) is 24.6 Å². The van der Waals surface area contributed by atoms with Crippen LogP contribution in [0.5, 0.6) is 0 Å². The molecule has 84 valence electrons. The van der Waals surface area contributed by atoms with E-state index in [1.807, 2.05) is 38.4 Å². The molecule has 0 saturated heterocycles. The smallest absolute Gasteiger partial charge is 0.0504 e. The minimum absolute atomic E-state index is 0.904. The van der Waals surface area contributed by atoms with Crippen LogP contribution in [-0.2, 0) is 10.8 Å². The topological polar surface area (TPSA) is 20.3 Å². The Balaban J connectivity index is 2.81. The van der Waals surface area contributed by atoms with Crippen LogP contribution < -0.4 is 4.90 Å². The van der Waals surface area contributed by atoms with Crippen LogP contribution in [0.3, 0.4) is 0 Å². The van der Waals surface area contributed by atoms with E-state index in [0.29, 0.717) is 0 Å². The van der Waals surface area contributed by atoms with Crippen molar-refractivity contribution in [2.45, 2.75) is 4.90 Å². The summed E-state index contributed by atoms with van der Waals surface area (Å²) < 4.78 is 11.6. The van der Waals surface area contributed by atoms with Crippen molar-refractivity contribution >= 4 is 27.3 Å². The van der Waals surface area contributed by atoms with Crippen molar-refractivity contribution in [1.82, 2.24) is 0 Å². The van der Waals surface area contributed by atoms with Crippen molar-refractivity contribution in [3.8, 4) is 0 Å². The first kappa shape index (κ1) is 11.1. The highest BCUT2D eigenvalue weighted by molar-refractivity contribution is 7.84. The summed E-state index contributed by atoms with van der Waals surface area (Å²) in [6.45, 7) is 0. The molecule has 0 aliphatic carbocycles. The molecule has 0 saturated carbocycles. The average molecular weight is 233 g/mol. The molecule has 2 nitrogen and oxygen atoms in total. The Morgan fingerprint density at radius 2 is 1.62 bits per heavy atom. The Bertz CT molecular complexity index is 549. The van der Waals surface area contributed by atoms with Gasteiger partial charge in [-0.25, -0.2) is 0 Å². The van der Waals surface area contributed by atoms with Crippen molar-refractivity contribution in [1.29, 1.82) is 0 Å². The van der Waals surface area contributed by atoms with E-state index in [9.17, 15) is 4.21 Å². The molecular weight excluding hydrogens is 218 g/mol. The molecular formula is C13H15NOS. The van der Waals surface area contributed by atoms with Gasteiger partial charge in [-0.1, -0.05) is 24.3 Å². The van der Waals surface area contributed by atoms with Gasteiger partial charge in [0, 0.05) is 36.3 Å². The van der Waals surface area contributed by atoms with E-state index in [2.05, 4.69) is 17.0 Å². The molecule has 3 heteroatoms. The quantitative estimate of drug-likeness (QED) is 0.794. The molecule has 0 unspecified atom stereocenters. The summed E-state index contributed by atoms with van der Waals surface area (Å²) in [5, 5.41) is 2.23. The first-order valence-corrected chi connectivity index (χ1v) is 6.69. The van der Waals surface area contributed by atoms with Gasteiger partial charge in [-0.3, -0.25) is 4.21 Å². The first-order chi connectivity index (χ1) is 7.61. The molecule has 0 spiro atoms.